The average molecular weight is 698 g/mol. The minimum atomic E-state index is -0.663. The van der Waals surface area contributed by atoms with Gasteiger partial charge in [-0.1, -0.05) is 18.2 Å². The Morgan fingerprint density at radius 1 is 0.827 bits per heavy atom. The molecule has 14 nitrogen and oxygen atoms in total. The highest BCUT2D eigenvalue weighted by molar-refractivity contribution is 6.06. The molecule has 264 valence electrons. The number of carbonyl (C=O) groups excluding carboxylic acids is 3. The van der Waals surface area contributed by atoms with E-state index in [0.29, 0.717) is 35.8 Å². The number of nitrogens with one attached hydrogen (secondary N) is 3. The van der Waals surface area contributed by atoms with E-state index < -0.39 is 11.9 Å². The van der Waals surface area contributed by atoms with Crippen LogP contribution in [0.2, 0.25) is 0 Å². The van der Waals surface area contributed by atoms with Crippen molar-refractivity contribution in [2.24, 2.45) is 0 Å². The minimum absolute atomic E-state index is 0.207. The molecule has 1 saturated carbocycles. The van der Waals surface area contributed by atoms with Crippen LogP contribution in [0.25, 0.3) is 22.3 Å². The summed E-state index contributed by atoms with van der Waals surface area (Å²) in [5.74, 6) is 0.247. The van der Waals surface area contributed by atoms with Gasteiger partial charge in [-0.15, -0.1) is 0 Å². The predicted octanol–water partition coefficient (Wildman–Crippen LogP) is 4.46. The SMILES string of the molecule is O=C1CCC(N2Cc3c(Nc4ccnc(NC5CCC(N6CCC(n7cc(-c8cnc9ccccc9n8)cn7)CC6)C5)n4)cccc3C2=O)C(=O)N1. The van der Waals surface area contributed by atoms with Crippen molar-refractivity contribution in [3.8, 4) is 11.3 Å². The van der Waals surface area contributed by atoms with Gasteiger partial charge in [-0.3, -0.25) is 29.4 Å². The van der Waals surface area contributed by atoms with Crippen molar-refractivity contribution in [2.75, 3.05) is 23.7 Å². The maximum Gasteiger partial charge on any atom is 0.255 e. The lowest BCUT2D eigenvalue weighted by atomic mass is 10.0. The number of aromatic nitrogens is 6. The summed E-state index contributed by atoms with van der Waals surface area (Å²) < 4.78 is 2.11. The van der Waals surface area contributed by atoms with Gasteiger partial charge in [0.15, 0.2) is 0 Å². The van der Waals surface area contributed by atoms with Crippen molar-refractivity contribution >= 4 is 46.2 Å². The number of amides is 3. The normalized spacial score (nSPS) is 22.5. The number of para-hydroxylation sites is 2. The molecule has 2 saturated heterocycles. The number of imide groups is 1. The molecule has 3 aromatic heterocycles. The first-order valence-electron chi connectivity index (χ1n) is 18.1. The van der Waals surface area contributed by atoms with Crippen LogP contribution in [0.5, 0.6) is 0 Å². The summed E-state index contributed by atoms with van der Waals surface area (Å²) in [4.78, 5) is 60.3. The molecule has 2 aromatic carbocycles. The first-order valence-corrected chi connectivity index (χ1v) is 18.1. The van der Waals surface area contributed by atoms with Crippen molar-refractivity contribution in [1.82, 2.24) is 44.8 Å². The van der Waals surface area contributed by atoms with Crippen LogP contribution in [0.4, 0.5) is 17.5 Å². The van der Waals surface area contributed by atoms with E-state index in [-0.39, 0.29) is 30.8 Å². The maximum atomic E-state index is 13.3. The summed E-state index contributed by atoms with van der Waals surface area (Å²) in [5.41, 5.74) is 5.72. The van der Waals surface area contributed by atoms with Crippen LogP contribution in [-0.2, 0) is 16.1 Å². The molecule has 5 aromatic rings. The van der Waals surface area contributed by atoms with Gasteiger partial charge < -0.3 is 20.4 Å². The monoisotopic (exact) mass is 697 g/mol. The molecule has 3 fully saturated rings. The fraction of sp³-hybridized carbons (Fsp3) is 0.368. The topological polar surface area (TPSA) is 163 Å². The number of likely N-dealkylation sites (tertiary alicyclic amines) is 1. The van der Waals surface area contributed by atoms with Gasteiger partial charge in [0.2, 0.25) is 17.8 Å². The van der Waals surface area contributed by atoms with E-state index in [1.54, 1.807) is 23.2 Å². The van der Waals surface area contributed by atoms with Crippen molar-refractivity contribution in [2.45, 2.75) is 75.7 Å². The largest absolute Gasteiger partial charge is 0.351 e. The third kappa shape index (κ3) is 6.23. The molecule has 3 amide bonds. The highest BCUT2D eigenvalue weighted by Gasteiger charge is 2.40. The Morgan fingerprint density at radius 3 is 2.56 bits per heavy atom. The molecular formula is C38H39N11O3. The number of piperidine rings is 2. The number of rotatable bonds is 8. The number of hydrogen-bond acceptors (Lipinski definition) is 11. The van der Waals surface area contributed by atoms with Crippen LogP contribution < -0.4 is 16.0 Å². The second kappa shape index (κ2) is 13.4. The molecule has 0 radical (unpaired) electrons. The Balaban J connectivity index is 0.788. The molecule has 9 rings (SSSR count). The van der Waals surface area contributed by atoms with E-state index >= 15 is 0 Å². The first-order chi connectivity index (χ1) is 25.4. The van der Waals surface area contributed by atoms with Gasteiger partial charge in [-0.25, -0.2) is 9.97 Å². The van der Waals surface area contributed by atoms with Gasteiger partial charge in [0.1, 0.15) is 11.9 Å². The number of fused-ring (bicyclic) bond motifs is 2. The van der Waals surface area contributed by atoms with Gasteiger partial charge >= 0.3 is 0 Å². The van der Waals surface area contributed by atoms with Gasteiger partial charge in [-0.2, -0.15) is 10.1 Å². The summed E-state index contributed by atoms with van der Waals surface area (Å²) >= 11 is 0. The van der Waals surface area contributed by atoms with Crippen LogP contribution in [0.3, 0.4) is 0 Å². The van der Waals surface area contributed by atoms with Gasteiger partial charge in [0, 0.05) is 72.9 Å². The maximum absolute atomic E-state index is 13.3. The van der Waals surface area contributed by atoms with E-state index in [2.05, 4.69) is 41.7 Å². The molecule has 1 aliphatic carbocycles. The van der Waals surface area contributed by atoms with Gasteiger partial charge in [0.05, 0.1) is 35.2 Å². The summed E-state index contributed by atoms with van der Waals surface area (Å²) in [7, 11) is 0. The summed E-state index contributed by atoms with van der Waals surface area (Å²) in [6, 6.07) is 15.7. The van der Waals surface area contributed by atoms with E-state index in [4.69, 9.17) is 15.1 Å². The second-order valence-corrected chi connectivity index (χ2v) is 14.2. The summed E-state index contributed by atoms with van der Waals surface area (Å²) in [5, 5.41) is 14.0. The molecule has 52 heavy (non-hydrogen) atoms. The highest BCUT2D eigenvalue weighted by Crippen LogP contribution is 2.35. The number of carbonyl (C=O) groups is 3. The third-order valence-electron chi connectivity index (χ3n) is 11.0. The molecule has 3 aliphatic heterocycles. The molecule has 4 aliphatic rings. The molecule has 3 N–H and O–H groups in total. The minimum Gasteiger partial charge on any atom is -0.351 e. The summed E-state index contributed by atoms with van der Waals surface area (Å²) in [6.07, 6.45) is 13.4. The van der Waals surface area contributed by atoms with Crippen molar-refractivity contribution < 1.29 is 14.4 Å². The van der Waals surface area contributed by atoms with Crippen molar-refractivity contribution in [3.63, 3.8) is 0 Å². The van der Waals surface area contributed by atoms with Crippen molar-refractivity contribution in [3.05, 3.63) is 84.4 Å². The van der Waals surface area contributed by atoms with E-state index in [9.17, 15) is 14.4 Å². The Hall–Kier alpha value is -5.76. The molecule has 3 atom stereocenters. The molecule has 3 unspecified atom stereocenters. The van der Waals surface area contributed by atoms with Crippen LogP contribution in [-0.4, -0.2) is 88.5 Å². The zero-order valence-corrected chi connectivity index (χ0v) is 28.6. The molecule has 0 bridgehead atoms. The Labute approximate surface area is 300 Å². The quantitative estimate of drug-likeness (QED) is 0.196. The first kappa shape index (κ1) is 32.2. The fourth-order valence-electron chi connectivity index (χ4n) is 8.22. The zero-order chi connectivity index (χ0) is 35.2. The number of benzene rings is 2. The van der Waals surface area contributed by atoms with E-state index in [1.807, 2.05) is 48.8 Å². The average Bonchev–Trinajstić information content (AvgIpc) is 3.92. The van der Waals surface area contributed by atoms with Crippen LogP contribution >= 0.6 is 0 Å². The Morgan fingerprint density at radius 2 is 1.69 bits per heavy atom. The third-order valence-corrected chi connectivity index (χ3v) is 11.0. The predicted molar refractivity (Wildman–Crippen MR) is 193 cm³/mol. The number of anilines is 3. The lowest BCUT2D eigenvalue weighted by Crippen LogP contribution is -2.52. The lowest BCUT2D eigenvalue weighted by molar-refractivity contribution is -0.136. The Bertz CT molecular complexity index is 2180. The van der Waals surface area contributed by atoms with E-state index in [0.717, 1.165) is 78.7 Å². The zero-order valence-electron chi connectivity index (χ0n) is 28.6. The number of nitrogens with zero attached hydrogens (tertiary/aromatic N) is 8. The molecule has 6 heterocycles. The van der Waals surface area contributed by atoms with Crippen LogP contribution in [0, 0.1) is 0 Å². The second-order valence-electron chi connectivity index (χ2n) is 14.2. The Kier molecular flexibility index (Phi) is 8.30. The molecular weight excluding hydrogens is 658 g/mol. The van der Waals surface area contributed by atoms with Crippen LogP contribution in [0.15, 0.2) is 73.3 Å². The standard InChI is InChI=1S/C38H39N11O3/c50-35-11-10-33(36(51)46-35)48-22-28-27(37(48)52)4-3-7-29(28)44-34-12-15-39-38(45-34)42-24-8-9-26(18-24)47-16-13-25(14-17-47)49-21-23(19-41-49)32-20-40-30-5-1-2-6-31(30)43-32/h1-7,12,15,19-21,24-26,33H,8-11,13-14,16-18,22H2,(H,46,50,51)(H2,39,42,44,45). The van der Waals surface area contributed by atoms with Gasteiger partial charge in [-0.05, 0) is 68.9 Å². The van der Waals surface area contributed by atoms with Crippen molar-refractivity contribution in [1.29, 1.82) is 0 Å². The molecule has 14 heteroatoms. The van der Waals surface area contributed by atoms with Crippen LogP contribution in [0.1, 0.15) is 66.9 Å². The lowest BCUT2D eigenvalue weighted by Gasteiger charge is -2.36. The number of hydrogen-bond donors (Lipinski definition) is 3. The summed E-state index contributed by atoms with van der Waals surface area (Å²) in [6.45, 7) is 2.35. The van der Waals surface area contributed by atoms with Gasteiger partial charge in [0.25, 0.3) is 5.91 Å². The highest BCUT2D eigenvalue weighted by atomic mass is 16.2. The fourth-order valence-corrected chi connectivity index (χ4v) is 8.22. The van der Waals surface area contributed by atoms with E-state index in [1.165, 1.54) is 0 Å². The molecule has 0 spiro atoms. The smallest absolute Gasteiger partial charge is 0.255 e.